The first-order valence-corrected chi connectivity index (χ1v) is 6.63. The summed E-state index contributed by atoms with van der Waals surface area (Å²) in [5.74, 6) is 0. The van der Waals surface area contributed by atoms with Gasteiger partial charge in [-0.1, -0.05) is 35.4 Å². The summed E-state index contributed by atoms with van der Waals surface area (Å²) in [5.41, 5.74) is 5.21. The molecule has 0 unspecified atom stereocenters. The van der Waals surface area contributed by atoms with Gasteiger partial charge in [-0.25, -0.2) is 4.98 Å². The number of benzene rings is 1. The van der Waals surface area contributed by atoms with Gasteiger partial charge in [0.05, 0.1) is 5.02 Å². The first kappa shape index (κ1) is 12.7. The Bertz CT molecular complexity index is 856. The van der Waals surface area contributed by atoms with Crippen molar-refractivity contribution in [3.8, 4) is 17.3 Å². The summed E-state index contributed by atoms with van der Waals surface area (Å²) in [4.78, 5) is 4.57. The summed E-state index contributed by atoms with van der Waals surface area (Å²) in [6.45, 7) is 4.08. The van der Waals surface area contributed by atoms with Crippen molar-refractivity contribution in [2.24, 2.45) is 0 Å². The molecule has 0 saturated carbocycles. The molecule has 3 nitrogen and oxygen atoms in total. The van der Waals surface area contributed by atoms with Crippen molar-refractivity contribution in [3.63, 3.8) is 0 Å². The van der Waals surface area contributed by atoms with Crippen LogP contribution in [0.3, 0.4) is 0 Å². The summed E-state index contributed by atoms with van der Waals surface area (Å²) in [7, 11) is 0. The molecule has 4 heteroatoms. The van der Waals surface area contributed by atoms with Crippen molar-refractivity contribution in [3.05, 3.63) is 58.4 Å². The largest absolute Gasteiger partial charge is 0.289 e. The fourth-order valence-electron chi connectivity index (χ4n) is 2.39. The zero-order chi connectivity index (χ0) is 14.3. The van der Waals surface area contributed by atoms with Crippen molar-refractivity contribution >= 4 is 17.2 Å². The number of nitriles is 1. The van der Waals surface area contributed by atoms with E-state index in [-0.39, 0.29) is 0 Å². The Morgan fingerprint density at radius 1 is 1.20 bits per heavy atom. The van der Waals surface area contributed by atoms with Crippen LogP contribution in [-0.2, 0) is 0 Å². The maximum atomic E-state index is 9.45. The van der Waals surface area contributed by atoms with E-state index in [4.69, 9.17) is 11.6 Å². The van der Waals surface area contributed by atoms with Crippen molar-refractivity contribution in [2.75, 3.05) is 0 Å². The average Bonchev–Trinajstić information content (AvgIpc) is 2.76. The van der Waals surface area contributed by atoms with Gasteiger partial charge in [0.15, 0.2) is 5.69 Å². The Kier molecular flexibility index (Phi) is 2.96. The molecule has 0 atom stereocenters. The van der Waals surface area contributed by atoms with Crippen LogP contribution in [0.5, 0.6) is 0 Å². The molecular formula is C16H12ClN3. The highest BCUT2D eigenvalue weighted by Gasteiger charge is 2.15. The minimum absolute atomic E-state index is 0.509. The van der Waals surface area contributed by atoms with Crippen molar-refractivity contribution in [1.29, 1.82) is 5.26 Å². The van der Waals surface area contributed by atoms with Crippen LogP contribution >= 0.6 is 11.6 Å². The minimum Gasteiger partial charge on any atom is -0.289 e. The monoisotopic (exact) mass is 281 g/mol. The Balaban J connectivity index is 2.34. The van der Waals surface area contributed by atoms with Gasteiger partial charge in [0.1, 0.15) is 17.4 Å². The average molecular weight is 282 g/mol. The van der Waals surface area contributed by atoms with E-state index in [1.54, 1.807) is 16.7 Å². The van der Waals surface area contributed by atoms with Crippen LogP contribution < -0.4 is 0 Å². The van der Waals surface area contributed by atoms with Crippen molar-refractivity contribution in [1.82, 2.24) is 9.38 Å². The van der Waals surface area contributed by atoms with Gasteiger partial charge in [0, 0.05) is 11.8 Å². The van der Waals surface area contributed by atoms with E-state index in [9.17, 15) is 5.26 Å². The zero-order valence-corrected chi connectivity index (χ0v) is 11.9. The summed E-state index contributed by atoms with van der Waals surface area (Å²) in [5, 5.41) is 10.0. The van der Waals surface area contributed by atoms with Crippen LogP contribution in [0.15, 0.2) is 36.5 Å². The molecule has 0 spiro atoms. The molecule has 20 heavy (non-hydrogen) atoms. The molecule has 98 valence electrons. The number of aryl methyl sites for hydroxylation is 2. The standard InChI is InChI=1S/C16H12ClN3/c1-10-3-5-13(11(2)7-10)16-14(8-18)20-9-12(17)4-6-15(20)19-16/h3-7,9H,1-2H3. The van der Waals surface area contributed by atoms with Gasteiger partial charge in [0.25, 0.3) is 0 Å². The second kappa shape index (κ2) is 4.66. The number of imidazole rings is 1. The Hall–Kier alpha value is -2.31. The highest BCUT2D eigenvalue weighted by molar-refractivity contribution is 6.30. The van der Waals surface area contributed by atoms with Gasteiger partial charge in [-0.3, -0.25) is 4.40 Å². The molecule has 0 radical (unpaired) electrons. The number of nitrogens with zero attached hydrogens (tertiary/aromatic N) is 3. The van der Waals surface area contributed by atoms with E-state index in [1.807, 2.05) is 32.0 Å². The maximum absolute atomic E-state index is 9.45. The quantitative estimate of drug-likeness (QED) is 0.672. The molecule has 1 aromatic carbocycles. The lowest BCUT2D eigenvalue weighted by Crippen LogP contribution is -1.90. The lowest BCUT2D eigenvalue weighted by Gasteiger charge is -2.04. The summed E-state index contributed by atoms with van der Waals surface area (Å²) < 4.78 is 1.73. The van der Waals surface area contributed by atoms with Crippen molar-refractivity contribution < 1.29 is 0 Å². The van der Waals surface area contributed by atoms with E-state index in [1.165, 1.54) is 5.56 Å². The predicted octanol–water partition coefficient (Wildman–Crippen LogP) is 4.14. The van der Waals surface area contributed by atoms with E-state index in [0.717, 1.165) is 16.8 Å². The Morgan fingerprint density at radius 3 is 2.70 bits per heavy atom. The van der Waals surface area contributed by atoms with Gasteiger partial charge in [0.2, 0.25) is 0 Å². The molecular weight excluding hydrogens is 270 g/mol. The molecule has 0 aliphatic carbocycles. The molecule has 2 heterocycles. The number of aromatic nitrogens is 2. The number of hydrogen-bond acceptors (Lipinski definition) is 2. The molecule has 0 N–H and O–H groups in total. The van der Waals surface area contributed by atoms with E-state index < -0.39 is 0 Å². The summed E-state index contributed by atoms with van der Waals surface area (Å²) >= 11 is 6.00. The van der Waals surface area contributed by atoms with Gasteiger partial charge < -0.3 is 0 Å². The molecule has 3 aromatic rings. The van der Waals surface area contributed by atoms with Gasteiger partial charge in [-0.2, -0.15) is 5.26 Å². The molecule has 0 amide bonds. The normalized spacial score (nSPS) is 10.7. The van der Waals surface area contributed by atoms with Crippen LogP contribution in [0.4, 0.5) is 0 Å². The number of hydrogen-bond donors (Lipinski definition) is 0. The smallest absolute Gasteiger partial charge is 0.152 e. The molecule has 0 bridgehead atoms. The fraction of sp³-hybridized carbons (Fsp3) is 0.125. The van der Waals surface area contributed by atoms with Crippen LogP contribution in [0.2, 0.25) is 5.02 Å². The number of fused-ring (bicyclic) bond motifs is 1. The van der Waals surface area contributed by atoms with Gasteiger partial charge in [-0.05, 0) is 31.5 Å². The number of halogens is 1. The second-order valence-electron chi connectivity index (χ2n) is 4.81. The van der Waals surface area contributed by atoms with Crippen LogP contribution in [0, 0.1) is 25.2 Å². The number of pyridine rings is 1. The van der Waals surface area contributed by atoms with Crippen LogP contribution in [0.1, 0.15) is 16.8 Å². The SMILES string of the molecule is Cc1ccc(-c2nc3ccc(Cl)cn3c2C#N)c(C)c1. The third-order valence-corrected chi connectivity index (χ3v) is 3.55. The maximum Gasteiger partial charge on any atom is 0.152 e. The molecule has 0 saturated heterocycles. The lowest BCUT2D eigenvalue weighted by molar-refractivity contribution is 1.15. The minimum atomic E-state index is 0.509. The highest BCUT2D eigenvalue weighted by atomic mass is 35.5. The fourth-order valence-corrected chi connectivity index (χ4v) is 2.55. The Morgan fingerprint density at radius 2 is 2.00 bits per heavy atom. The lowest BCUT2D eigenvalue weighted by atomic mass is 10.0. The van der Waals surface area contributed by atoms with Crippen LogP contribution in [0.25, 0.3) is 16.9 Å². The number of rotatable bonds is 1. The second-order valence-corrected chi connectivity index (χ2v) is 5.25. The zero-order valence-electron chi connectivity index (χ0n) is 11.2. The summed E-state index contributed by atoms with van der Waals surface area (Å²) in [6.07, 6.45) is 1.72. The van der Waals surface area contributed by atoms with Crippen LogP contribution in [-0.4, -0.2) is 9.38 Å². The van der Waals surface area contributed by atoms with Gasteiger partial charge >= 0.3 is 0 Å². The molecule has 0 fully saturated rings. The highest BCUT2D eigenvalue weighted by Crippen LogP contribution is 2.28. The van der Waals surface area contributed by atoms with E-state index in [2.05, 4.69) is 17.1 Å². The van der Waals surface area contributed by atoms with E-state index in [0.29, 0.717) is 16.4 Å². The molecule has 0 aliphatic heterocycles. The topological polar surface area (TPSA) is 41.1 Å². The van der Waals surface area contributed by atoms with Crippen molar-refractivity contribution in [2.45, 2.75) is 13.8 Å². The molecule has 3 rings (SSSR count). The molecule has 0 aliphatic rings. The summed E-state index contributed by atoms with van der Waals surface area (Å²) in [6, 6.07) is 11.9. The van der Waals surface area contributed by atoms with E-state index >= 15 is 0 Å². The third kappa shape index (κ3) is 1.95. The Labute approximate surface area is 122 Å². The first-order chi connectivity index (χ1) is 9.60. The third-order valence-electron chi connectivity index (χ3n) is 3.33. The molecule has 2 aromatic heterocycles. The van der Waals surface area contributed by atoms with Gasteiger partial charge in [-0.15, -0.1) is 0 Å². The first-order valence-electron chi connectivity index (χ1n) is 6.25. The predicted molar refractivity (Wildman–Crippen MR) is 79.8 cm³/mol.